The Balaban J connectivity index is 0. The largest absolute Gasteiger partial charge is 0.756 e. The Bertz CT molecular complexity index is 715. The summed E-state index contributed by atoms with van der Waals surface area (Å²) in [5.41, 5.74) is 5.46. The van der Waals surface area contributed by atoms with Crippen LogP contribution in [0.25, 0.3) is 0 Å². The molecule has 0 saturated carbocycles. The van der Waals surface area contributed by atoms with E-state index in [0.717, 1.165) is 44.9 Å². The standard InChI is InChI=1S/C47H98NO4P.B/c1-2-3-4-5-6-7-8-9-10-11-12-13-14-15-16-17-18-19-20-21-22-23-24-25-26-27-28-29-30-31-32-33-34-35-36-37-38-40-43-46-51-53(49,50)52-47-44-41-39-42-45-48;/h2-48H2,1H3,(H,49,50);/p-1. The normalized spacial score (nSPS) is 12.6. The summed E-state index contributed by atoms with van der Waals surface area (Å²) in [7, 11) is -4.13. The predicted molar refractivity (Wildman–Crippen MR) is 239 cm³/mol. The van der Waals surface area contributed by atoms with Crippen LogP contribution in [0.15, 0.2) is 0 Å². The molecule has 0 bridgehead atoms. The summed E-state index contributed by atoms with van der Waals surface area (Å²) < 4.78 is 21.7. The molecule has 0 aromatic carbocycles. The smallest absolute Gasteiger partial charge is 0.267 e. The minimum absolute atomic E-state index is 0. The molecular formula is C47H97BNO4P-. The molecule has 0 aliphatic rings. The number of hydrogen-bond donors (Lipinski definition) is 1. The molecule has 1 atom stereocenters. The third kappa shape index (κ3) is 50.2. The van der Waals surface area contributed by atoms with Crippen LogP contribution >= 0.6 is 7.82 Å². The van der Waals surface area contributed by atoms with E-state index in [2.05, 4.69) is 6.92 Å². The second-order valence-electron chi connectivity index (χ2n) is 16.8. The predicted octanol–water partition coefficient (Wildman–Crippen LogP) is 15.9. The Hall–Kier alpha value is 0.135. The van der Waals surface area contributed by atoms with Gasteiger partial charge in [-0.05, 0) is 25.8 Å². The van der Waals surface area contributed by atoms with Crippen LogP contribution in [-0.4, -0.2) is 28.2 Å². The molecule has 0 rings (SSSR count). The molecule has 0 spiro atoms. The number of unbranched alkanes of at least 4 members (excludes halogenated alkanes) is 41. The van der Waals surface area contributed by atoms with Crippen molar-refractivity contribution in [1.29, 1.82) is 0 Å². The van der Waals surface area contributed by atoms with Gasteiger partial charge in [-0.15, -0.1) is 0 Å². The molecule has 2 N–H and O–H groups in total. The molecule has 0 aromatic heterocycles. The number of rotatable bonds is 48. The van der Waals surface area contributed by atoms with Crippen molar-refractivity contribution in [2.75, 3.05) is 19.8 Å². The first-order valence-electron chi connectivity index (χ1n) is 24.4. The zero-order chi connectivity index (χ0) is 38.4. The summed E-state index contributed by atoms with van der Waals surface area (Å²) >= 11 is 0. The van der Waals surface area contributed by atoms with Gasteiger partial charge >= 0.3 is 0 Å². The minimum atomic E-state index is -4.13. The molecule has 0 aliphatic heterocycles. The maximum absolute atomic E-state index is 11.8. The number of phosphoric acid groups is 1. The van der Waals surface area contributed by atoms with Crippen molar-refractivity contribution in [2.24, 2.45) is 5.73 Å². The topological polar surface area (TPSA) is 84.6 Å². The van der Waals surface area contributed by atoms with Gasteiger partial charge in [-0.2, -0.15) is 0 Å². The van der Waals surface area contributed by atoms with E-state index in [9.17, 15) is 9.46 Å². The number of phosphoric ester groups is 1. The van der Waals surface area contributed by atoms with Gasteiger partial charge in [0.15, 0.2) is 0 Å². The average Bonchev–Trinajstić information content (AvgIpc) is 3.15. The quantitative estimate of drug-likeness (QED) is 0.0377. The summed E-state index contributed by atoms with van der Waals surface area (Å²) in [6.07, 6.45) is 58.6. The molecule has 1 unspecified atom stereocenters. The van der Waals surface area contributed by atoms with Gasteiger partial charge in [0.05, 0.1) is 13.2 Å². The monoisotopic (exact) mass is 782 g/mol. The lowest BCUT2D eigenvalue weighted by Gasteiger charge is -2.22. The molecular weight excluding hydrogens is 684 g/mol. The molecule has 323 valence electrons. The summed E-state index contributed by atoms with van der Waals surface area (Å²) in [5, 5.41) is 0. The van der Waals surface area contributed by atoms with Crippen LogP contribution < -0.4 is 10.6 Å². The van der Waals surface area contributed by atoms with Gasteiger partial charge in [-0.1, -0.05) is 264 Å². The van der Waals surface area contributed by atoms with Crippen LogP contribution in [0.5, 0.6) is 0 Å². The number of hydrogen-bond acceptors (Lipinski definition) is 5. The summed E-state index contributed by atoms with van der Waals surface area (Å²) in [6.45, 7) is 3.45. The van der Waals surface area contributed by atoms with Crippen LogP contribution in [-0.2, 0) is 13.6 Å². The van der Waals surface area contributed by atoms with Gasteiger partial charge < -0.3 is 19.7 Å². The fourth-order valence-electron chi connectivity index (χ4n) is 7.71. The zero-order valence-corrected chi connectivity index (χ0v) is 37.7. The van der Waals surface area contributed by atoms with Crippen molar-refractivity contribution in [3.63, 3.8) is 0 Å². The lowest BCUT2D eigenvalue weighted by Crippen LogP contribution is -2.10. The molecule has 0 heterocycles. The Labute approximate surface area is 342 Å². The molecule has 0 aromatic rings. The van der Waals surface area contributed by atoms with E-state index in [1.54, 1.807) is 0 Å². The molecule has 5 nitrogen and oxygen atoms in total. The lowest BCUT2D eigenvalue weighted by atomic mass is 10.0. The minimum Gasteiger partial charge on any atom is -0.756 e. The van der Waals surface area contributed by atoms with Crippen molar-refractivity contribution >= 4 is 16.2 Å². The van der Waals surface area contributed by atoms with Gasteiger partial charge in [-0.25, -0.2) is 0 Å². The molecule has 0 amide bonds. The third-order valence-corrected chi connectivity index (χ3v) is 12.3. The van der Waals surface area contributed by atoms with Crippen LogP contribution in [0.1, 0.15) is 283 Å². The summed E-state index contributed by atoms with van der Waals surface area (Å²) in [6, 6.07) is 0. The van der Waals surface area contributed by atoms with E-state index in [0.29, 0.717) is 6.54 Å². The molecule has 7 heteroatoms. The first kappa shape index (κ1) is 56.2. The Morgan fingerprint density at radius 3 is 0.685 bits per heavy atom. The summed E-state index contributed by atoms with van der Waals surface area (Å²) in [4.78, 5) is 11.8. The molecule has 0 fully saturated rings. The number of nitrogens with two attached hydrogens (primary N) is 1. The maximum Gasteiger partial charge on any atom is 0.267 e. The molecule has 54 heavy (non-hydrogen) atoms. The molecule has 0 saturated heterocycles. The Kier molecular flexibility index (Phi) is 51.3. The molecule has 0 aliphatic carbocycles. The van der Waals surface area contributed by atoms with Crippen LogP contribution in [0.2, 0.25) is 0 Å². The average molecular weight is 782 g/mol. The van der Waals surface area contributed by atoms with Crippen LogP contribution in [0, 0.1) is 0 Å². The van der Waals surface area contributed by atoms with Gasteiger partial charge in [0.2, 0.25) is 0 Å². The fourth-order valence-corrected chi connectivity index (χ4v) is 8.49. The Morgan fingerprint density at radius 2 is 0.500 bits per heavy atom. The second kappa shape index (κ2) is 49.3. The molecule has 3 radical (unpaired) electrons. The fraction of sp³-hybridized carbons (Fsp3) is 1.00. The van der Waals surface area contributed by atoms with Crippen molar-refractivity contribution in [3.8, 4) is 0 Å². The van der Waals surface area contributed by atoms with Crippen molar-refractivity contribution in [1.82, 2.24) is 0 Å². The first-order chi connectivity index (χ1) is 26.1. The van der Waals surface area contributed by atoms with E-state index in [4.69, 9.17) is 14.8 Å². The highest BCUT2D eigenvalue weighted by molar-refractivity contribution is 7.45. The van der Waals surface area contributed by atoms with Crippen molar-refractivity contribution in [2.45, 2.75) is 283 Å². The SMILES string of the molecule is CCCCCCCCCCCCCCCCCCCCCCCCCCCCCCCCCCCCCCCCCOP(=O)([O-])OCCCCCCN.[B]. The first-order valence-corrected chi connectivity index (χ1v) is 25.9. The van der Waals surface area contributed by atoms with Gasteiger partial charge in [0.1, 0.15) is 0 Å². The van der Waals surface area contributed by atoms with E-state index in [1.807, 2.05) is 0 Å². The van der Waals surface area contributed by atoms with Crippen molar-refractivity contribution in [3.05, 3.63) is 0 Å². The van der Waals surface area contributed by atoms with Gasteiger partial charge in [0.25, 0.3) is 7.82 Å². The van der Waals surface area contributed by atoms with E-state index < -0.39 is 7.82 Å². The summed E-state index contributed by atoms with van der Waals surface area (Å²) in [5.74, 6) is 0. The van der Waals surface area contributed by atoms with Gasteiger partial charge in [0, 0.05) is 8.41 Å². The van der Waals surface area contributed by atoms with E-state index in [-0.39, 0.29) is 21.6 Å². The highest BCUT2D eigenvalue weighted by atomic mass is 31.2. The lowest BCUT2D eigenvalue weighted by molar-refractivity contribution is -0.225. The highest BCUT2D eigenvalue weighted by Gasteiger charge is 2.08. The van der Waals surface area contributed by atoms with Crippen molar-refractivity contribution < 1.29 is 18.5 Å². The van der Waals surface area contributed by atoms with Crippen LogP contribution in [0.4, 0.5) is 0 Å². The second-order valence-corrected chi connectivity index (χ2v) is 18.2. The highest BCUT2D eigenvalue weighted by Crippen LogP contribution is 2.38. The van der Waals surface area contributed by atoms with E-state index >= 15 is 0 Å². The Morgan fingerprint density at radius 1 is 0.333 bits per heavy atom. The third-order valence-electron chi connectivity index (χ3n) is 11.3. The van der Waals surface area contributed by atoms with Gasteiger partial charge in [-0.3, -0.25) is 4.57 Å². The maximum atomic E-state index is 11.8. The zero-order valence-electron chi connectivity index (χ0n) is 36.8. The van der Waals surface area contributed by atoms with E-state index in [1.165, 1.54) is 231 Å². The van der Waals surface area contributed by atoms with Crippen LogP contribution in [0.3, 0.4) is 0 Å².